The predicted molar refractivity (Wildman–Crippen MR) is 97.0 cm³/mol. The number of hydrogen-bond donors (Lipinski definition) is 2. The lowest BCUT2D eigenvalue weighted by molar-refractivity contribution is -0.148. The Morgan fingerprint density at radius 1 is 1.46 bits per heavy atom. The van der Waals surface area contributed by atoms with Gasteiger partial charge in [-0.25, -0.2) is 4.98 Å². The third-order valence-electron chi connectivity index (χ3n) is 4.10. The Balaban J connectivity index is 1.50. The van der Waals surface area contributed by atoms with Crippen LogP contribution < -0.4 is 10.6 Å². The first-order chi connectivity index (χ1) is 12.6. The van der Waals surface area contributed by atoms with Gasteiger partial charge in [0.15, 0.2) is 11.1 Å². The van der Waals surface area contributed by atoms with E-state index >= 15 is 0 Å². The van der Waals surface area contributed by atoms with E-state index in [0.717, 1.165) is 10.7 Å². The number of nitrogens with one attached hydrogen (secondary N) is 2. The highest BCUT2D eigenvalue weighted by atomic mass is 35.5. The van der Waals surface area contributed by atoms with E-state index in [0.29, 0.717) is 10.6 Å². The first kappa shape index (κ1) is 17.0. The molecular formula is C17H15ClN4O3S. The van der Waals surface area contributed by atoms with Crippen LogP contribution in [0.25, 0.3) is 4.96 Å². The van der Waals surface area contributed by atoms with Crippen molar-refractivity contribution in [2.45, 2.75) is 18.7 Å². The molecule has 1 aromatic carbocycles. The Morgan fingerprint density at radius 3 is 3.12 bits per heavy atom. The molecule has 134 valence electrons. The number of rotatable bonds is 4. The van der Waals surface area contributed by atoms with Crippen LogP contribution in [0.5, 0.6) is 0 Å². The van der Waals surface area contributed by atoms with Gasteiger partial charge in [-0.1, -0.05) is 29.8 Å². The number of morpholine rings is 1. The number of ether oxygens (including phenoxy) is 1. The lowest BCUT2D eigenvalue weighted by atomic mass is 9.99. The monoisotopic (exact) mass is 390 g/mol. The maximum absolute atomic E-state index is 12.7. The fourth-order valence-electron chi connectivity index (χ4n) is 2.89. The number of hydrogen-bond acceptors (Lipinski definition) is 5. The highest BCUT2D eigenvalue weighted by molar-refractivity contribution is 7.15. The first-order valence-electron chi connectivity index (χ1n) is 7.96. The minimum absolute atomic E-state index is 0.167. The van der Waals surface area contributed by atoms with Gasteiger partial charge in [0.25, 0.3) is 5.91 Å². The van der Waals surface area contributed by atoms with E-state index in [2.05, 4.69) is 15.6 Å². The molecule has 2 atom stereocenters. The van der Waals surface area contributed by atoms with Crippen LogP contribution >= 0.6 is 22.9 Å². The Hall–Kier alpha value is -2.42. The number of aromatic nitrogens is 2. The zero-order valence-electron chi connectivity index (χ0n) is 13.5. The lowest BCUT2D eigenvalue weighted by Gasteiger charge is -2.32. The molecule has 26 heavy (non-hydrogen) atoms. The minimum atomic E-state index is -0.865. The number of carbonyl (C=O) groups excluding carboxylic acids is 2. The largest absolute Gasteiger partial charge is 0.356 e. The first-order valence-corrected chi connectivity index (χ1v) is 9.22. The van der Waals surface area contributed by atoms with Crippen LogP contribution in [0.4, 0.5) is 0 Å². The Labute approximate surface area is 157 Å². The summed E-state index contributed by atoms with van der Waals surface area (Å²) in [6.07, 6.45) is 2.91. The SMILES string of the molecule is O=C1CO[C@H](C(=O)NCc2cn3ccsc3n2)[C@@H](c2ccccc2Cl)N1. The second-order valence-corrected chi connectivity index (χ2v) is 7.12. The van der Waals surface area contributed by atoms with E-state index in [4.69, 9.17) is 16.3 Å². The highest BCUT2D eigenvalue weighted by Gasteiger charge is 2.36. The summed E-state index contributed by atoms with van der Waals surface area (Å²) < 4.78 is 7.40. The Morgan fingerprint density at radius 2 is 2.31 bits per heavy atom. The van der Waals surface area contributed by atoms with Crippen molar-refractivity contribution >= 4 is 39.7 Å². The number of amides is 2. The number of halogens is 1. The number of nitrogens with zero attached hydrogens (tertiary/aromatic N) is 2. The molecule has 2 aromatic heterocycles. The fourth-order valence-corrected chi connectivity index (χ4v) is 3.86. The molecule has 2 amide bonds. The van der Waals surface area contributed by atoms with Gasteiger partial charge in [-0.15, -0.1) is 11.3 Å². The topological polar surface area (TPSA) is 84.7 Å². The van der Waals surface area contributed by atoms with Crippen LogP contribution in [0, 0.1) is 0 Å². The van der Waals surface area contributed by atoms with E-state index in [-0.39, 0.29) is 25.0 Å². The highest BCUT2D eigenvalue weighted by Crippen LogP contribution is 2.28. The van der Waals surface area contributed by atoms with E-state index < -0.39 is 12.1 Å². The second kappa shape index (κ2) is 7.06. The van der Waals surface area contributed by atoms with E-state index in [1.54, 1.807) is 24.3 Å². The van der Waals surface area contributed by atoms with Crippen molar-refractivity contribution in [2.24, 2.45) is 0 Å². The molecule has 0 spiro atoms. The molecule has 0 bridgehead atoms. The predicted octanol–water partition coefficient (Wildman–Crippen LogP) is 1.92. The smallest absolute Gasteiger partial charge is 0.251 e. The van der Waals surface area contributed by atoms with Gasteiger partial charge < -0.3 is 15.4 Å². The van der Waals surface area contributed by atoms with Gasteiger partial charge in [0.2, 0.25) is 5.91 Å². The summed E-state index contributed by atoms with van der Waals surface area (Å²) in [5, 5.41) is 8.03. The average Bonchev–Trinajstić information content (AvgIpc) is 3.21. The second-order valence-electron chi connectivity index (χ2n) is 5.84. The average molecular weight is 391 g/mol. The number of imidazole rings is 1. The molecule has 1 saturated heterocycles. The van der Waals surface area contributed by atoms with Crippen molar-refractivity contribution in [2.75, 3.05) is 6.61 Å². The zero-order valence-corrected chi connectivity index (χ0v) is 15.1. The number of fused-ring (bicyclic) bond motifs is 1. The summed E-state index contributed by atoms with van der Waals surface area (Å²) in [5.41, 5.74) is 1.39. The van der Waals surface area contributed by atoms with Crippen LogP contribution in [0.3, 0.4) is 0 Å². The normalized spacial score (nSPS) is 20.1. The quantitative estimate of drug-likeness (QED) is 0.712. The third kappa shape index (κ3) is 3.31. The molecule has 7 nitrogen and oxygen atoms in total. The molecule has 1 fully saturated rings. The molecule has 0 aliphatic carbocycles. The fraction of sp³-hybridized carbons (Fsp3) is 0.235. The van der Waals surface area contributed by atoms with Gasteiger partial charge in [0.1, 0.15) is 6.61 Å². The van der Waals surface area contributed by atoms with Crippen LogP contribution in [-0.4, -0.2) is 33.9 Å². The molecule has 9 heteroatoms. The summed E-state index contributed by atoms with van der Waals surface area (Å²) in [4.78, 5) is 29.7. The van der Waals surface area contributed by atoms with Crippen LogP contribution in [0.2, 0.25) is 5.02 Å². The molecule has 0 unspecified atom stereocenters. The molecule has 1 aliphatic heterocycles. The molecule has 4 rings (SSSR count). The summed E-state index contributed by atoms with van der Waals surface area (Å²) in [6, 6.07) is 6.43. The van der Waals surface area contributed by atoms with Crippen molar-refractivity contribution < 1.29 is 14.3 Å². The van der Waals surface area contributed by atoms with Gasteiger partial charge in [-0.2, -0.15) is 0 Å². The Bertz CT molecular complexity index is 941. The molecule has 3 heterocycles. The van der Waals surface area contributed by atoms with Gasteiger partial charge >= 0.3 is 0 Å². The maximum Gasteiger partial charge on any atom is 0.251 e. The molecular weight excluding hydrogens is 376 g/mol. The van der Waals surface area contributed by atoms with Crippen LogP contribution in [0.15, 0.2) is 42.0 Å². The van der Waals surface area contributed by atoms with Crippen molar-refractivity contribution in [1.29, 1.82) is 0 Å². The van der Waals surface area contributed by atoms with Crippen LogP contribution in [0.1, 0.15) is 17.3 Å². The van der Waals surface area contributed by atoms with Gasteiger partial charge in [0.05, 0.1) is 18.3 Å². The lowest BCUT2D eigenvalue weighted by Crippen LogP contribution is -2.52. The standard InChI is InChI=1S/C17H15ClN4O3S/c18-12-4-2-1-3-11(12)14-15(25-9-13(23)21-14)16(24)19-7-10-8-22-5-6-26-17(22)20-10/h1-6,8,14-15H,7,9H2,(H,19,24)(H,21,23)/t14-,15+/m1/s1. The zero-order chi connectivity index (χ0) is 18.1. The van der Waals surface area contributed by atoms with Gasteiger partial charge in [0, 0.05) is 22.8 Å². The minimum Gasteiger partial charge on any atom is -0.356 e. The van der Waals surface area contributed by atoms with Crippen molar-refractivity contribution in [1.82, 2.24) is 20.0 Å². The van der Waals surface area contributed by atoms with E-state index in [1.807, 2.05) is 22.2 Å². The number of benzene rings is 1. The summed E-state index contributed by atoms with van der Waals surface area (Å²) in [6.45, 7) is 0.107. The summed E-state index contributed by atoms with van der Waals surface area (Å²) in [7, 11) is 0. The van der Waals surface area contributed by atoms with Gasteiger partial charge in [-0.3, -0.25) is 14.0 Å². The molecule has 1 aliphatic rings. The summed E-state index contributed by atoms with van der Waals surface area (Å²) in [5.74, 6) is -0.611. The van der Waals surface area contributed by atoms with E-state index in [1.165, 1.54) is 11.3 Å². The maximum atomic E-state index is 12.7. The summed E-state index contributed by atoms with van der Waals surface area (Å²) >= 11 is 7.75. The molecule has 2 N–H and O–H groups in total. The van der Waals surface area contributed by atoms with Crippen molar-refractivity contribution in [3.8, 4) is 0 Å². The van der Waals surface area contributed by atoms with E-state index in [9.17, 15) is 9.59 Å². The molecule has 0 saturated carbocycles. The van der Waals surface area contributed by atoms with Crippen molar-refractivity contribution in [3.63, 3.8) is 0 Å². The van der Waals surface area contributed by atoms with Crippen LogP contribution in [-0.2, 0) is 20.9 Å². The van der Waals surface area contributed by atoms with Gasteiger partial charge in [-0.05, 0) is 11.6 Å². The Kier molecular flexibility index (Phi) is 4.62. The molecule has 0 radical (unpaired) electrons. The van der Waals surface area contributed by atoms with Crippen molar-refractivity contribution in [3.05, 3.63) is 58.3 Å². The number of carbonyl (C=O) groups is 2. The number of thiazole rings is 1. The third-order valence-corrected chi connectivity index (χ3v) is 5.21. The molecule has 3 aromatic rings.